The Bertz CT molecular complexity index is 999. The van der Waals surface area contributed by atoms with Crippen molar-refractivity contribution in [2.45, 2.75) is 17.9 Å². The molecular weight excluding hydrogens is 467 g/mol. The van der Waals surface area contributed by atoms with Gasteiger partial charge in [0.15, 0.2) is 0 Å². The molecule has 1 unspecified atom stereocenters. The molecule has 0 saturated heterocycles. The Balaban J connectivity index is 1.99. The molecule has 0 aliphatic rings. The number of hydrogen-bond acceptors (Lipinski definition) is 3. The average Bonchev–Trinajstić information content (AvgIpc) is 2.82. The van der Waals surface area contributed by atoms with Crippen LogP contribution < -0.4 is 4.46 Å². The van der Waals surface area contributed by atoms with Crippen LogP contribution in [0.2, 0.25) is 0 Å². The quantitative estimate of drug-likeness (QED) is 0.171. The molecule has 0 fully saturated rings. The third-order valence-corrected chi connectivity index (χ3v) is 8.08. The molecule has 0 spiro atoms. The maximum atomic E-state index is 11.2. The molecule has 158 valence electrons. The van der Waals surface area contributed by atoms with Crippen molar-refractivity contribution >= 4 is 37.3 Å². The van der Waals surface area contributed by atoms with Gasteiger partial charge in [0.25, 0.3) is 0 Å². The molecule has 1 atom stereocenters. The van der Waals surface area contributed by atoms with Crippen LogP contribution in [0.3, 0.4) is 0 Å². The third-order valence-electron chi connectivity index (χ3n) is 4.21. The first-order valence-corrected chi connectivity index (χ1v) is 12.7. The molecule has 3 aromatic rings. The second kappa shape index (κ2) is 13.0. The molecule has 0 aromatic heterocycles. The zero-order valence-corrected chi connectivity index (χ0v) is 20.0. The van der Waals surface area contributed by atoms with Gasteiger partial charge in [-0.2, -0.15) is 0 Å². The summed E-state index contributed by atoms with van der Waals surface area (Å²) < 4.78 is 7.70. The summed E-state index contributed by atoms with van der Waals surface area (Å²) in [7, 11) is 0. The molecule has 3 rings (SSSR count). The summed E-state index contributed by atoms with van der Waals surface area (Å²) in [6, 6.07) is 30.6. The van der Waals surface area contributed by atoms with E-state index in [9.17, 15) is 5.11 Å². The normalized spacial score (nSPS) is 13.4. The van der Waals surface area contributed by atoms with Crippen molar-refractivity contribution in [3.63, 3.8) is 0 Å². The van der Waals surface area contributed by atoms with Gasteiger partial charge in [-0.15, -0.1) is 0 Å². The molecule has 0 aliphatic carbocycles. The van der Waals surface area contributed by atoms with Gasteiger partial charge in [0.05, 0.1) is 0 Å². The number of hydrogen-bond donors (Lipinski definition) is 1. The van der Waals surface area contributed by atoms with Crippen LogP contribution in [0.1, 0.15) is 12.5 Å². The molecule has 4 heteroatoms. The van der Waals surface area contributed by atoms with Gasteiger partial charge in [-0.05, 0) is 0 Å². The molecule has 0 bridgehead atoms. The van der Waals surface area contributed by atoms with E-state index in [-0.39, 0.29) is 15.0 Å². The van der Waals surface area contributed by atoms with E-state index in [0.29, 0.717) is 6.61 Å². The number of thioether (sulfide) groups is 1. The molecule has 3 aromatic carbocycles. The van der Waals surface area contributed by atoms with Gasteiger partial charge in [-0.25, -0.2) is 0 Å². The van der Waals surface area contributed by atoms with E-state index in [4.69, 9.17) is 4.74 Å². The van der Waals surface area contributed by atoms with Crippen LogP contribution in [0.4, 0.5) is 0 Å². The summed E-state index contributed by atoms with van der Waals surface area (Å²) in [5.41, 5.74) is 1.07. The van der Waals surface area contributed by atoms with Crippen molar-refractivity contribution in [1.82, 2.24) is 0 Å². The Morgan fingerprint density at radius 1 is 0.935 bits per heavy atom. The van der Waals surface area contributed by atoms with E-state index in [0.717, 1.165) is 19.8 Å². The molecule has 0 aliphatic heterocycles. The summed E-state index contributed by atoms with van der Waals surface area (Å²) in [6.45, 7) is 2.57. The zero-order valence-electron chi connectivity index (χ0n) is 17.4. The summed E-state index contributed by atoms with van der Waals surface area (Å²) in [4.78, 5) is 2.13. The number of allylic oxidation sites excluding steroid dienone is 1. The van der Waals surface area contributed by atoms with E-state index in [2.05, 4.69) is 24.3 Å². The summed E-state index contributed by atoms with van der Waals surface area (Å²) >= 11 is 1.60. The second-order valence-corrected chi connectivity index (χ2v) is 9.99. The molecule has 0 saturated carbocycles. The first-order valence-electron chi connectivity index (χ1n) is 10.2. The van der Waals surface area contributed by atoms with Gasteiger partial charge < -0.3 is 0 Å². The van der Waals surface area contributed by atoms with Crippen molar-refractivity contribution in [1.29, 1.82) is 0 Å². The van der Waals surface area contributed by atoms with Crippen molar-refractivity contribution in [3.05, 3.63) is 124 Å². The maximum absolute atomic E-state index is 11.2. The summed E-state index contributed by atoms with van der Waals surface area (Å²) in [5.74, 6) is 0. The number of rotatable bonds is 10. The van der Waals surface area contributed by atoms with Crippen LogP contribution in [0, 0.1) is 0 Å². The standard InChI is InChI=1S/C27H26O2SSe/c1-2-29-21-20-26(30-23-14-8-4-9-15-23)27(31-24-16-10-5-11-17-24)25(28)19-18-22-12-6-3-7-13-22/h3-21,25,28H,2H2,1H3/b19-18+,21-20+,27-26+. The monoisotopic (exact) mass is 494 g/mol. The van der Waals surface area contributed by atoms with Crippen LogP contribution in [0.5, 0.6) is 0 Å². The fraction of sp³-hybridized carbons (Fsp3) is 0.111. The van der Waals surface area contributed by atoms with E-state index in [1.54, 1.807) is 18.0 Å². The number of ether oxygens (including phenoxy) is 1. The number of aliphatic hydroxyl groups excluding tert-OH is 1. The van der Waals surface area contributed by atoms with Gasteiger partial charge >= 0.3 is 196 Å². The van der Waals surface area contributed by atoms with E-state index >= 15 is 0 Å². The van der Waals surface area contributed by atoms with Crippen LogP contribution >= 0.6 is 11.8 Å². The fourth-order valence-electron chi connectivity index (χ4n) is 2.71. The van der Waals surface area contributed by atoms with E-state index in [1.807, 2.05) is 91.9 Å². The predicted molar refractivity (Wildman–Crippen MR) is 133 cm³/mol. The number of aliphatic hydroxyl groups is 1. The molecule has 0 heterocycles. The van der Waals surface area contributed by atoms with Gasteiger partial charge in [0, 0.05) is 0 Å². The van der Waals surface area contributed by atoms with Crippen LogP contribution in [-0.4, -0.2) is 32.8 Å². The van der Waals surface area contributed by atoms with Crippen LogP contribution in [0.25, 0.3) is 6.08 Å². The molecule has 1 N–H and O–H groups in total. The van der Waals surface area contributed by atoms with E-state index in [1.165, 1.54) is 4.46 Å². The Labute approximate surface area is 195 Å². The molecular formula is C27H26O2SSe. The fourth-order valence-corrected chi connectivity index (χ4v) is 6.00. The van der Waals surface area contributed by atoms with Crippen molar-refractivity contribution in [2.24, 2.45) is 0 Å². The average molecular weight is 494 g/mol. The van der Waals surface area contributed by atoms with Crippen molar-refractivity contribution in [3.8, 4) is 0 Å². The van der Waals surface area contributed by atoms with Crippen LogP contribution in [-0.2, 0) is 4.74 Å². The van der Waals surface area contributed by atoms with Gasteiger partial charge in [0.2, 0.25) is 0 Å². The summed E-state index contributed by atoms with van der Waals surface area (Å²) in [6.07, 6.45) is 6.84. The molecule has 0 radical (unpaired) electrons. The van der Waals surface area contributed by atoms with Crippen LogP contribution in [0.15, 0.2) is 124 Å². The second-order valence-electron chi connectivity index (χ2n) is 6.53. The molecule has 31 heavy (non-hydrogen) atoms. The Morgan fingerprint density at radius 2 is 1.55 bits per heavy atom. The van der Waals surface area contributed by atoms with Gasteiger partial charge in [-0.3, -0.25) is 0 Å². The first-order chi connectivity index (χ1) is 15.3. The SMILES string of the molecule is CCO/C=C/C(Sc1ccccc1)=C(\[Se]c1ccccc1)C(O)/C=C/c1ccccc1. The Hall–Kier alpha value is -2.49. The Morgan fingerprint density at radius 3 is 2.19 bits per heavy atom. The van der Waals surface area contributed by atoms with E-state index < -0.39 is 6.10 Å². The molecule has 2 nitrogen and oxygen atoms in total. The third kappa shape index (κ3) is 7.93. The Kier molecular flexibility index (Phi) is 9.75. The summed E-state index contributed by atoms with van der Waals surface area (Å²) in [5, 5.41) is 11.2. The first kappa shape index (κ1) is 23.2. The van der Waals surface area contributed by atoms with Gasteiger partial charge in [-0.1, -0.05) is 0 Å². The molecule has 0 amide bonds. The van der Waals surface area contributed by atoms with Crippen molar-refractivity contribution in [2.75, 3.05) is 6.61 Å². The topological polar surface area (TPSA) is 29.5 Å². The zero-order chi connectivity index (χ0) is 21.7. The predicted octanol–water partition coefficient (Wildman–Crippen LogP) is 5.64. The van der Waals surface area contributed by atoms with Gasteiger partial charge in [0.1, 0.15) is 0 Å². The minimum atomic E-state index is -0.696. The number of benzene rings is 3. The minimum absolute atomic E-state index is 0.0463. The van der Waals surface area contributed by atoms with Crippen molar-refractivity contribution < 1.29 is 9.84 Å².